The Morgan fingerprint density at radius 3 is 2.00 bits per heavy atom. The van der Waals surface area contributed by atoms with E-state index in [4.69, 9.17) is 5.73 Å². The molecule has 0 aromatic heterocycles. The minimum absolute atomic E-state index is 0.245. The summed E-state index contributed by atoms with van der Waals surface area (Å²) < 4.78 is 25.9. The van der Waals surface area contributed by atoms with Crippen LogP contribution in [0.15, 0.2) is 24.3 Å². The second kappa shape index (κ2) is 4.50. The van der Waals surface area contributed by atoms with Gasteiger partial charge in [-0.1, -0.05) is 12.1 Å². The molecule has 0 atom stereocenters. The van der Waals surface area contributed by atoms with Gasteiger partial charge in [-0.3, -0.25) is 0 Å². The topological polar surface area (TPSA) is 29.3 Å². The number of nitrogens with zero attached hydrogens (tertiary/aromatic N) is 1. The van der Waals surface area contributed by atoms with Crippen LogP contribution in [0.1, 0.15) is 32.3 Å². The van der Waals surface area contributed by atoms with Gasteiger partial charge in [0.05, 0.1) is 5.54 Å². The molecule has 2 nitrogen and oxygen atoms in total. The third-order valence-corrected chi connectivity index (χ3v) is 3.72. The first-order valence-electron chi connectivity index (χ1n) is 6.42. The van der Waals surface area contributed by atoms with Crippen LogP contribution in [-0.2, 0) is 5.54 Å². The summed E-state index contributed by atoms with van der Waals surface area (Å²) in [4.78, 5) is 2.21. The molecule has 0 unspecified atom stereocenters. The van der Waals surface area contributed by atoms with Gasteiger partial charge in [0.25, 0.3) is 5.92 Å². The number of nitrogens with two attached hydrogens (primary N) is 1. The molecule has 1 aliphatic rings. The SMILES string of the molecule is CCN(CC)c1ccc(C2(N)CC(F)(F)C2)cc1. The summed E-state index contributed by atoms with van der Waals surface area (Å²) in [5.41, 5.74) is 7.07. The Hall–Kier alpha value is -1.16. The van der Waals surface area contributed by atoms with Gasteiger partial charge in [-0.05, 0) is 31.5 Å². The summed E-state index contributed by atoms with van der Waals surface area (Å²) >= 11 is 0. The molecular weight excluding hydrogens is 234 g/mol. The normalized spacial score (nSPS) is 20.3. The highest BCUT2D eigenvalue weighted by molar-refractivity contribution is 5.49. The van der Waals surface area contributed by atoms with Crippen LogP contribution >= 0.6 is 0 Å². The Balaban J connectivity index is 2.14. The summed E-state index contributed by atoms with van der Waals surface area (Å²) in [6, 6.07) is 7.69. The number of halogens is 2. The van der Waals surface area contributed by atoms with Crippen LogP contribution in [0.4, 0.5) is 14.5 Å². The van der Waals surface area contributed by atoms with E-state index >= 15 is 0 Å². The van der Waals surface area contributed by atoms with Gasteiger partial charge in [0, 0.05) is 31.6 Å². The minimum Gasteiger partial charge on any atom is -0.372 e. The maximum atomic E-state index is 12.9. The standard InChI is InChI=1S/C14H20F2N2/c1-3-18(4-2)12-7-5-11(6-8-12)13(17)9-14(15,16)10-13/h5-8H,3-4,9-10,17H2,1-2H3. The van der Waals surface area contributed by atoms with E-state index in [0.717, 1.165) is 24.3 Å². The number of benzene rings is 1. The molecule has 18 heavy (non-hydrogen) atoms. The van der Waals surface area contributed by atoms with Crippen molar-refractivity contribution >= 4 is 5.69 Å². The van der Waals surface area contributed by atoms with Gasteiger partial charge < -0.3 is 10.6 Å². The first kappa shape index (κ1) is 13.3. The molecule has 1 aromatic rings. The van der Waals surface area contributed by atoms with Crippen molar-refractivity contribution in [3.05, 3.63) is 29.8 Å². The lowest BCUT2D eigenvalue weighted by atomic mass is 9.70. The van der Waals surface area contributed by atoms with E-state index in [1.807, 2.05) is 24.3 Å². The van der Waals surface area contributed by atoms with Crippen LogP contribution < -0.4 is 10.6 Å². The Labute approximate surface area is 107 Å². The van der Waals surface area contributed by atoms with E-state index in [0.29, 0.717) is 0 Å². The second-order valence-electron chi connectivity index (χ2n) is 5.08. The van der Waals surface area contributed by atoms with Gasteiger partial charge in [-0.2, -0.15) is 0 Å². The minimum atomic E-state index is -2.59. The molecule has 4 heteroatoms. The monoisotopic (exact) mass is 254 g/mol. The Morgan fingerprint density at radius 2 is 1.61 bits per heavy atom. The number of alkyl halides is 2. The van der Waals surface area contributed by atoms with Gasteiger partial charge in [0.2, 0.25) is 0 Å². The number of hydrogen-bond acceptors (Lipinski definition) is 2. The first-order chi connectivity index (χ1) is 8.40. The number of rotatable bonds is 4. The summed E-state index contributed by atoms with van der Waals surface area (Å²) in [6.07, 6.45) is -0.491. The zero-order valence-electron chi connectivity index (χ0n) is 10.9. The van der Waals surface area contributed by atoms with Gasteiger partial charge in [-0.15, -0.1) is 0 Å². The highest BCUT2D eigenvalue weighted by atomic mass is 19.3. The molecule has 0 aliphatic heterocycles. The average Bonchev–Trinajstić information content (AvgIpc) is 2.29. The van der Waals surface area contributed by atoms with Crippen molar-refractivity contribution < 1.29 is 8.78 Å². The van der Waals surface area contributed by atoms with Crippen molar-refractivity contribution in [2.75, 3.05) is 18.0 Å². The zero-order valence-corrected chi connectivity index (χ0v) is 10.9. The highest BCUT2D eigenvalue weighted by Gasteiger charge is 2.55. The lowest BCUT2D eigenvalue weighted by Gasteiger charge is -2.45. The molecule has 0 radical (unpaired) electrons. The molecule has 2 N–H and O–H groups in total. The molecule has 1 fully saturated rings. The third kappa shape index (κ3) is 2.34. The van der Waals surface area contributed by atoms with Crippen LogP contribution in [0.2, 0.25) is 0 Å². The Kier molecular flexibility index (Phi) is 3.32. The molecule has 0 saturated heterocycles. The summed E-state index contributed by atoms with van der Waals surface area (Å²) in [5.74, 6) is -2.59. The van der Waals surface area contributed by atoms with Gasteiger partial charge >= 0.3 is 0 Å². The molecular formula is C14H20F2N2. The summed E-state index contributed by atoms with van der Waals surface area (Å²) in [7, 11) is 0. The van der Waals surface area contributed by atoms with E-state index in [1.165, 1.54) is 0 Å². The van der Waals surface area contributed by atoms with Crippen molar-refractivity contribution in [3.63, 3.8) is 0 Å². The second-order valence-corrected chi connectivity index (χ2v) is 5.08. The number of anilines is 1. The number of hydrogen-bond donors (Lipinski definition) is 1. The zero-order chi connectivity index (χ0) is 13.4. The lowest BCUT2D eigenvalue weighted by molar-refractivity contribution is -0.125. The lowest BCUT2D eigenvalue weighted by Crippen LogP contribution is -2.55. The third-order valence-electron chi connectivity index (χ3n) is 3.72. The fourth-order valence-corrected chi connectivity index (χ4v) is 2.67. The van der Waals surface area contributed by atoms with Crippen LogP contribution in [-0.4, -0.2) is 19.0 Å². The predicted octanol–water partition coefficient (Wildman–Crippen LogP) is 3.12. The quantitative estimate of drug-likeness (QED) is 0.894. The molecule has 1 aliphatic carbocycles. The fraction of sp³-hybridized carbons (Fsp3) is 0.571. The highest BCUT2D eigenvalue weighted by Crippen LogP contribution is 2.49. The molecule has 0 heterocycles. The van der Waals surface area contributed by atoms with Crippen LogP contribution in [0, 0.1) is 0 Å². The van der Waals surface area contributed by atoms with Gasteiger partial charge in [0.1, 0.15) is 0 Å². The van der Waals surface area contributed by atoms with Crippen molar-refractivity contribution in [3.8, 4) is 0 Å². The molecule has 100 valence electrons. The summed E-state index contributed by atoms with van der Waals surface area (Å²) in [5, 5.41) is 0. The fourth-order valence-electron chi connectivity index (χ4n) is 2.67. The van der Waals surface area contributed by atoms with E-state index in [1.54, 1.807) is 0 Å². The Morgan fingerprint density at radius 1 is 1.11 bits per heavy atom. The maximum absolute atomic E-state index is 12.9. The molecule has 1 aromatic carbocycles. The maximum Gasteiger partial charge on any atom is 0.252 e. The van der Waals surface area contributed by atoms with Gasteiger partial charge in [0.15, 0.2) is 0 Å². The molecule has 2 rings (SSSR count). The molecule has 1 saturated carbocycles. The van der Waals surface area contributed by atoms with Gasteiger partial charge in [-0.25, -0.2) is 8.78 Å². The van der Waals surface area contributed by atoms with Crippen LogP contribution in [0.3, 0.4) is 0 Å². The van der Waals surface area contributed by atoms with E-state index in [-0.39, 0.29) is 12.8 Å². The van der Waals surface area contributed by atoms with E-state index < -0.39 is 11.5 Å². The van der Waals surface area contributed by atoms with Crippen LogP contribution in [0.25, 0.3) is 0 Å². The predicted molar refractivity (Wildman–Crippen MR) is 70.0 cm³/mol. The van der Waals surface area contributed by atoms with Crippen molar-refractivity contribution in [2.24, 2.45) is 5.73 Å². The summed E-state index contributed by atoms with van der Waals surface area (Å²) in [6.45, 7) is 6.05. The smallest absolute Gasteiger partial charge is 0.252 e. The first-order valence-corrected chi connectivity index (χ1v) is 6.42. The van der Waals surface area contributed by atoms with Crippen LogP contribution in [0.5, 0.6) is 0 Å². The molecule has 0 amide bonds. The Bertz CT molecular complexity index is 402. The van der Waals surface area contributed by atoms with Crippen molar-refractivity contribution in [1.29, 1.82) is 0 Å². The van der Waals surface area contributed by atoms with Crippen molar-refractivity contribution in [1.82, 2.24) is 0 Å². The van der Waals surface area contributed by atoms with E-state index in [2.05, 4.69) is 18.7 Å². The van der Waals surface area contributed by atoms with Crippen molar-refractivity contribution in [2.45, 2.75) is 38.2 Å². The van der Waals surface area contributed by atoms with E-state index in [9.17, 15) is 8.78 Å². The molecule has 0 bridgehead atoms. The average molecular weight is 254 g/mol. The molecule has 0 spiro atoms. The largest absolute Gasteiger partial charge is 0.372 e.